The summed E-state index contributed by atoms with van der Waals surface area (Å²) in [5.41, 5.74) is 0.698. The van der Waals surface area contributed by atoms with Gasteiger partial charge in [0.05, 0.1) is 0 Å². The zero-order valence-electron chi connectivity index (χ0n) is 10.9. The topological polar surface area (TPSA) is 0 Å². The van der Waals surface area contributed by atoms with E-state index in [1.54, 1.807) is 0 Å². The Labute approximate surface area is 90.5 Å². The molecule has 0 bridgehead atoms. The van der Waals surface area contributed by atoms with Gasteiger partial charge in [0.2, 0.25) is 0 Å². The van der Waals surface area contributed by atoms with Crippen LogP contribution in [0.1, 0.15) is 60.8 Å². The molecule has 1 fully saturated rings. The summed E-state index contributed by atoms with van der Waals surface area (Å²) >= 11 is 0. The maximum Gasteiger partial charge on any atom is -0.0218 e. The molecule has 0 saturated heterocycles. The normalized spacial score (nSPS) is 40.7. The van der Waals surface area contributed by atoms with Gasteiger partial charge < -0.3 is 0 Å². The van der Waals surface area contributed by atoms with Gasteiger partial charge in [0.25, 0.3) is 0 Å². The summed E-state index contributed by atoms with van der Waals surface area (Å²) in [6, 6.07) is 0. The monoisotopic (exact) mass is 196 g/mol. The van der Waals surface area contributed by atoms with Crippen LogP contribution in [0.4, 0.5) is 0 Å². The second-order valence-corrected chi connectivity index (χ2v) is 5.69. The van der Waals surface area contributed by atoms with Crippen LogP contribution < -0.4 is 0 Å². The lowest BCUT2D eigenvalue weighted by Crippen LogP contribution is -2.18. The first-order chi connectivity index (χ1) is 6.50. The zero-order chi connectivity index (χ0) is 10.9. The average Bonchev–Trinajstić information content (AvgIpc) is 2.70. The minimum atomic E-state index is 0.698. The zero-order valence-corrected chi connectivity index (χ0v) is 10.9. The maximum absolute atomic E-state index is 2.48. The molecular weight excluding hydrogens is 168 g/mol. The Balaban J connectivity index is 2.55. The fourth-order valence-electron chi connectivity index (χ4n) is 3.77. The van der Waals surface area contributed by atoms with Crippen molar-refractivity contribution in [3.63, 3.8) is 0 Å². The second kappa shape index (κ2) is 4.24. The van der Waals surface area contributed by atoms with Crippen molar-refractivity contribution in [3.8, 4) is 0 Å². The molecule has 0 heteroatoms. The van der Waals surface area contributed by atoms with Gasteiger partial charge in [-0.25, -0.2) is 0 Å². The predicted molar refractivity (Wildman–Crippen MR) is 64.3 cm³/mol. The summed E-state index contributed by atoms with van der Waals surface area (Å²) in [6.07, 6.45) is 4.15. The van der Waals surface area contributed by atoms with Gasteiger partial charge in [0.1, 0.15) is 0 Å². The van der Waals surface area contributed by atoms with Crippen LogP contribution >= 0.6 is 0 Å². The molecule has 4 unspecified atom stereocenters. The largest absolute Gasteiger partial charge is 0.0651 e. The highest BCUT2D eigenvalue weighted by atomic mass is 14.6. The van der Waals surface area contributed by atoms with Crippen molar-refractivity contribution in [2.24, 2.45) is 29.1 Å². The van der Waals surface area contributed by atoms with Gasteiger partial charge in [0.15, 0.2) is 0 Å². The standard InChI is InChI=1S/C14H28/c1-7-10(3)9-11(4)14(8-2)12(5)13(14)6/h10-13H,7-9H2,1-6H3. The predicted octanol–water partition coefficient (Wildman–Crippen LogP) is 4.74. The molecule has 0 aromatic carbocycles. The molecule has 14 heavy (non-hydrogen) atoms. The lowest BCUT2D eigenvalue weighted by molar-refractivity contribution is 0.232. The molecule has 0 aliphatic heterocycles. The Morgan fingerprint density at radius 3 is 1.86 bits per heavy atom. The van der Waals surface area contributed by atoms with E-state index in [1.807, 2.05) is 0 Å². The quantitative estimate of drug-likeness (QED) is 0.595. The molecule has 1 saturated carbocycles. The minimum Gasteiger partial charge on any atom is -0.0651 e. The highest BCUT2D eigenvalue weighted by molar-refractivity contribution is 5.07. The van der Waals surface area contributed by atoms with Crippen LogP contribution in [0.15, 0.2) is 0 Å². The van der Waals surface area contributed by atoms with E-state index in [4.69, 9.17) is 0 Å². The Morgan fingerprint density at radius 2 is 1.57 bits per heavy atom. The molecule has 0 N–H and O–H groups in total. The molecule has 0 heterocycles. The molecule has 1 aliphatic carbocycles. The van der Waals surface area contributed by atoms with E-state index in [0.29, 0.717) is 5.41 Å². The molecule has 0 aromatic heterocycles. The molecule has 0 nitrogen and oxygen atoms in total. The number of hydrogen-bond donors (Lipinski definition) is 0. The lowest BCUT2D eigenvalue weighted by atomic mass is 9.79. The molecule has 0 aromatic rings. The number of rotatable bonds is 5. The van der Waals surface area contributed by atoms with Crippen LogP contribution in [0.3, 0.4) is 0 Å². The molecular formula is C14H28. The van der Waals surface area contributed by atoms with Crippen molar-refractivity contribution in [2.75, 3.05) is 0 Å². The van der Waals surface area contributed by atoms with Crippen LogP contribution in [0.2, 0.25) is 0 Å². The van der Waals surface area contributed by atoms with E-state index in [-0.39, 0.29) is 0 Å². The van der Waals surface area contributed by atoms with Crippen LogP contribution in [-0.4, -0.2) is 0 Å². The minimum absolute atomic E-state index is 0.698. The molecule has 0 amide bonds. The Bertz CT molecular complexity index is 174. The molecule has 0 spiro atoms. The van der Waals surface area contributed by atoms with Crippen molar-refractivity contribution in [2.45, 2.75) is 60.8 Å². The first-order valence-electron chi connectivity index (χ1n) is 6.50. The first kappa shape index (κ1) is 12.1. The Kier molecular flexibility index (Phi) is 3.66. The van der Waals surface area contributed by atoms with E-state index >= 15 is 0 Å². The third-order valence-corrected chi connectivity index (χ3v) is 5.32. The summed E-state index contributed by atoms with van der Waals surface area (Å²) in [6.45, 7) is 14.5. The van der Waals surface area contributed by atoms with Gasteiger partial charge in [-0.2, -0.15) is 0 Å². The van der Waals surface area contributed by atoms with E-state index < -0.39 is 0 Å². The third-order valence-electron chi connectivity index (χ3n) is 5.32. The smallest absolute Gasteiger partial charge is 0.0218 e. The van der Waals surface area contributed by atoms with E-state index in [0.717, 1.165) is 23.7 Å². The molecule has 0 radical (unpaired) electrons. The first-order valence-corrected chi connectivity index (χ1v) is 6.50. The van der Waals surface area contributed by atoms with Gasteiger partial charge >= 0.3 is 0 Å². The van der Waals surface area contributed by atoms with Gasteiger partial charge in [0, 0.05) is 0 Å². The van der Waals surface area contributed by atoms with E-state index in [2.05, 4.69) is 41.5 Å². The van der Waals surface area contributed by atoms with Crippen LogP contribution in [0.5, 0.6) is 0 Å². The summed E-state index contributed by atoms with van der Waals surface area (Å²) in [5, 5.41) is 0. The van der Waals surface area contributed by atoms with Crippen molar-refractivity contribution >= 4 is 0 Å². The van der Waals surface area contributed by atoms with Crippen molar-refractivity contribution in [1.82, 2.24) is 0 Å². The highest BCUT2D eigenvalue weighted by Crippen LogP contribution is 2.66. The van der Waals surface area contributed by atoms with Crippen molar-refractivity contribution in [1.29, 1.82) is 0 Å². The summed E-state index contributed by atoms with van der Waals surface area (Å²) in [5.74, 6) is 3.76. The molecule has 4 atom stereocenters. The van der Waals surface area contributed by atoms with Crippen LogP contribution in [0.25, 0.3) is 0 Å². The summed E-state index contributed by atoms with van der Waals surface area (Å²) in [4.78, 5) is 0. The van der Waals surface area contributed by atoms with E-state index in [1.165, 1.54) is 19.3 Å². The fraction of sp³-hybridized carbons (Fsp3) is 1.00. The Hall–Kier alpha value is 0. The second-order valence-electron chi connectivity index (χ2n) is 5.69. The SMILES string of the molecule is CCC(C)CC(C)C1(CC)C(C)C1C. The highest BCUT2D eigenvalue weighted by Gasteiger charge is 2.59. The average molecular weight is 196 g/mol. The third kappa shape index (κ3) is 1.73. The van der Waals surface area contributed by atoms with Crippen LogP contribution in [0, 0.1) is 29.1 Å². The molecule has 84 valence electrons. The Morgan fingerprint density at radius 1 is 1.07 bits per heavy atom. The van der Waals surface area contributed by atoms with E-state index in [9.17, 15) is 0 Å². The molecule has 1 aliphatic rings. The van der Waals surface area contributed by atoms with Crippen molar-refractivity contribution < 1.29 is 0 Å². The number of hydrogen-bond acceptors (Lipinski definition) is 0. The fourth-order valence-corrected chi connectivity index (χ4v) is 3.77. The van der Waals surface area contributed by atoms with Crippen LogP contribution in [-0.2, 0) is 0 Å². The van der Waals surface area contributed by atoms with Gasteiger partial charge in [-0.15, -0.1) is 0 Å². The van der Waals surface area contributed by atoms with Gasteiger partial charge in [-0.05, 0) is 41.9 Å². The summed E-state index contributed by atoms with van der Waals surface area (Å²) in [7, 11) is 0. The summed E-state index contributed by atoms with van der Waals surface area (Å²) < 4.78 is 0. The molecule has 1 rings (SSSR count). The maximum atomic E-state index is 2.48. The van der Waals surface area contributed by atoms with Crippen molar-refractivity contribution in [3.05, 3.63) is 0 Å². The lowest BCUT2D eigenvalue weighted by Gasteiger charge is -2.26. The van der Waals surface area contributed by atoms with Gasteiger partial charge in [-0.1, -0.05) is 48.0 Å². The van der Waals surface area contributed by atoms with Gasteiger partial charge in [-0.3, -0.25) is 0 Å².